The monoisotopic (exact) mass is 487 g/mol. The molecule has 0 fully saturated rings. The lowest BCUT2D eigenvalue weighted by molar-refractivity contribution is -0.113. The van der Waals surface area contributed by atoms with Crippen LogP contribution in [0.15, 0.2) is 83.9 Å². The van der Waals surface area contributed by atoms with Crippen LogP contribution < -0.4 is 5.32 Å². The first-order valence-electron chi connectivity index (χ1n) is 10.4. The fourth-order valence-corrected chi connectivity index (χ4v) is 4.26. The van der Waals surface area contributed by atoms with Gasteiger partial charge < -0.3 is 5.32 Å². The number of rotatable bonds is 6. The third kappa shape index (κ3) is 5.63. The standard InChI is InChI=1S/C27H19ClFN3OS/c1-17-2-4-18(5-3-17)23-14-25(19-6-10-21(29)11-7-19)32-27(24(23)15-30)34-16-26(33)31-22-12-8-20(28)9-13-22/h2-14H,16H2,1H3,(H,31,33). The van der Waals surface area contributed by atoms with Crippen LogP contribution in [0.3, 0.4) is 0 Å². The van der Waals surface area contributed by atoms with Gasteiger partial charge in [0.05, 0.1) is 17.0 Å². The predicted molar refractivity (Wildman–Crippen MR) is 135 cm³/mol. The van der Waals surface area contributed by atoms with Gasteiger partial charge in [-0.2, -0.15) is 5.26 Å². The summed E-state index contributed by atoms with van der Waals surface area (Å²) in [5, 5.41) is 13.8. The molecule has 34 heavy (non-hydrogen) atoms. The van der Waals surface area contributed by atoms with Crippen LogP contribution in [0.2, 0.25) is 5.02 Å². The molecular formula is C27H19ClFN3OS. The molecule has 1 N–H and O–H groups in total. The zero-order valence-electron chi connectivity index (χ0n) is 18.2. The molecule has 4 nitrogen and oxygen atoms in total. The van der Waals surface area contributed by atoms with Crippen LogP contribution in [0.25, 0.3) is 22.4 Å². The molecule has 0 unspecified atom stereocenters. The Bertz CT molecular complexity index is 1370. The number of benzene rings is 3. The summed E-state index contributed by atoms with van der Waals surface area (Å²) in [6, 6.07) is 24.8. The zero-order valence-corrected chi connectivity index (χ0v) is 19.8. The minimum Gasteiger partial charge on any atom is -0.325 e. The maximum Gasteiger partial charge on any atom is 0.234 e. The zero-order chi connectivity index (χ0) is 24.1. The molecular weight excluding hydrogens is 469 g/mol. The number of hydrogen-bond donors (Lipinski definition) is 1. The average molecular weight is 488 g/mol. The van der Waals surface area contributed by atoms with Crippen molar-refractivity contribution in [2.45, 2.75) is 11.9 Å². The summed E-state index contributed by atoms with van der Waals surface area (Å²) in [6.07, 6.45) is 0. The lowest BCUT2D eigenvalue weighted by atomic mass is 9.98. The second kappa shape index (κ2) is 10.5. The first-order chi connectivity index (χ1) is 16.4. The highest BCUT2D eigenvalue weighted by Crippen LogP contribution is 2.34. The molecule has 1 heterocycles. The summed E-state index contributed by atoms with van der Waals surface area (Å²) >= 11 is 7.07. The lowest BCUT2D eigenvalue weighted by Gasteiger charge is -2.13. The fourth-order valence-electron chi connectivity index (χ4n) is 3.33. The molecule has 0 saturated heterocycles. The molecule has 0 aliphatic carbocycles. The van der Waals surface area contributed by atoms with E-state index in [1.807, 2.05) is 37.3 Å². The number of carbonyl (C=O) groups is 1. The van der Waals surface area contributed by atoms with Gasteiger partial charge in [0.1, 0.15) is 16.9 Å². The molecule has 3 aromatic carbocycles. The van der Waals surface area contributed by atoms with Crippen molar-refractivity contribution < 1.29 is 9.18 Å². The summed E-state index contributed by atoms with van der Waals surface area (Å²) in [7, 11) is 0. The molecule has 4 rings (SSSR count). The van der Waals surface area contributed by atoms with E-state index >= 15 is 0 Å². The van der Waals surface area contributed by atoms with Crippen molar-refractivity contribution in [2.75, 3.05) is 11.1 Å². The number of nitrogens with zero attached hydrogens (tertiary/aromatic N) is 2. The highest BCUT2D eigenvalue weighted by Gasteiger charge is 2.17. The number of amides is 1. The Balaban J connectivity index is 1.68. The lowest BCUT2D eigenvalue weighted by Crippen LogP contribution is -2.14. The van der Waals surface area contributed by atoms with Crippen LogP contribution in [0.5, 0.6) is 0 Å². The summed E-state index contributed by atoms with van der Waals surface area (Å²) in [6.45, 7) is 1.99. The average Bonchev–Trinajstić information content (AvgIpc) is 2.84. The Morgan fingerprint density at radius 1 is 1.03 bits per heavy atom. The van der Waals surface area contributed by atoms with Crippen LogP contribution in [-0.4, -0.2) is 16.6 Å². The van der Waals surface area contributed by atoms with Crippen LogP contribution in [0.1, 0.15) is 11.1 Å². The number of nitriles is 1. The Morgan fingerprint density at radius 2 is 1.68 bits per heavy atom. The van der Waals surface area contributed by atoms with E-state index in [-0.39, 0.29) is 17.5 Å². The normalized spacial score (nSPS) is 10.5. The molecule has 0 aliphatic rings. The van der Waals surface area contributed by atoms with Crippen molar-refractivity contribution in [1.29, 1.82) is 5.26 Å². The third-order valence-corrected chi connectivity index (χ3v) is 6.30. The molecule has 1 aromatic heterocycles. The van der Waals surface area contributed by atoms with Gasteiger partial charge in [-0.15, -0.1) is 0 Å². The molecule has 0 spiro atoms. The topological polar surface area (TPSA) is 65.8 Å². The molecule has 0 saturated carbocycles. The van der Waals surface area contributed by atoms with Gasteiger partial charge in [0.2, 0.25) is 5.91 Å². The van der Waals surface area contributed by atoms with Crippen LogP contribution >= 0.6 is 23.4 Å². The molecule has 0 aliphatic heterocycles. The minimum atomic E-state index is -0.343. The maximum atomic E-state index is 13.5. The number of aryl methyl sites for hydroxylation is 1. The predicted octanol–water partition coefficient (Wildman–Crippen LogP) is 7.12. The van der Waals surface area contributed by atoms with Crippen LogP contribution in [-0.2, 0) is 4.79 Å². The van der Waals surface area contributed by atoms with E-state index in [2.05, 4.69) is 16.4 Å². The molecule has 7 heteroatoms. The Kier molecular flexibility index (Phi) is 7.27. The van der Waals surface area contributed by atoms with Gasteiger partial charge in [0.15, 0.2) is 0 Å². The largest absolute Gasteiger partial charge is 0.325 e. The molecule has 4 aromatic rings. The van der Waals surface area contributed by atoms with Gasteiger partial charge in [-0.25, -0.2) is 9.37 Å². The van der Waals surface area contributed by atoms with Gasteiger partial charge in [-0.1, -0.05) is 53.2 Å². The number of anilines is 1. The van der Waals surface area contributed by atoms with Gasteiger partial charge in [0.25, 0.3) is 0 Å². The number of carbonyl (C=O) groups excluding carboxylic acids is 1. The van der Waals surface area contributed by atoms with Crippen LogP contribution in [0, 0.1) is 24.1 Å². The Labute approximate surface area is 206 Å². The van der Waals surface area contributed by atoms with Crippen molar-refractivity contribution in [2.24, 2.45) is 0 Å². The van der Waals surface area contributed by atoms with Gasteiger partial charge in [-0.05, 0) is 67.1 Å². The molecule has 0 atom stereocenters. The second-order valence-corrected chi connectivity index (χ2v) is 8.96. The molecule has 1 amide bonds. The van der Waals surface area contributed by atoms with E-state index in [1.54, 1.807) is 36.4 Å². The molecule has 0 radical (unpaired) electrons. The maximum absolute atomic E-state index is 13.5. The third-order valence-electron chi connectivity index (χ3n) is 5.07. The van der Waals surface area contributed by atoms with Crippen molar-refractivity contribution >= 4 is 35.0 Å². The SMILES string of the molecule is Cc1ccc(-c2cc(-c3ccc(F)cc3)nc(SCC(=O)Nc3ccc(Cl)cc3)c2C#N)cc1. The quantitative estimate of drug-likeness (QED) is 0.294. The van der Waals surface area contributed by atoms with E-state index in [1.165, 1.54) is 23.9 Å². The Morgan fingerprint density at radius 3 is 2.32 bits per heavy atom. The summed E-state index contributed by atoms with van der Waals surface area (Å²) in [4.78, 5) is 17.2. The van der Waals surface area contributed by atoms with E-state index in [0.29, 0.717) is 38.1 Å². The smallest absolute Gasteiger partial charge is 0.234 e. The van der Waals surface area contributed by atoms with Crippen molar-refractivity contribution in [1.82, 2.24) is 4.98 Å². The molecule has 168 valence electrons. The van der Waals surface area contributed by atoms with Gasteiger partial charge in [0, 0.05) is 21.8 Å². The summed E-state index contributed by atoms with van der Waals surface area (Å²) < 4.78 is 13.5. The number of halogens is 2. The Hall–Kier alpha value is -3.66. The number of pyridine rings is 1. The van der Waals surface area contributed by atoms with E-state index in [9.17, 15) is 14.4 Å². The van der Waals surface area contributed by atoms with E-state index < -0.39 is 0 Å². The summed E-state index contributed by atoms with van der Waals surface area (Å²) in [5.41, 5.74) is 4.99. The van der Waals surface area contributed by atoms with Crippen molar-refractivity contribution in [3.63, 3.8) is 0 Å². The minimum absolute atomic E-state index is 0.0600. The second-order valence-electron chi connectivity index (χ2n) is 7.56. The number of nitrogens with one attached hydrogen (secondary N) is 1. The highest BCUT2D eigenvalue weighted by atomic mass is 35.5. The van der Waals surface area contributed by atoms with E-state index in [0.717, 1.165) is 11.1 Å². The number of hydrogen-bond acceptors (Lipinski definition) is 4. The van der Waals surface area contributed by atoms with Crippen molar-refractivity contribution in [3.8, 4) is 28.5 Å². The number of aromatic nitrogens is 1. The van der Waals surface area contributed by atoms with Crippen molar-refractivity contribution in [3.05, 3.63) is 101 Å². The van der Waals surface area contributed by atoms with Gasteiger partial charge >= 0.3 is 0 Å². The van der Waals surface area contributed by atoms with Crippen LogP contribution in [0.4, 0.5) is 10.1 Å². The first-order valence-corrected chi connectivity index (χ1v) is 11.8. The number of thioether (sulfide) groups is 1. The van der Waals surface area contributed by atoms with Gasteiger partial charge in [-0.3, -0.25) is 4.79 Å². The molecule has 0 bridgehead atoms. The summed E-state index contributed by atoms with van der Waals surface area (Å²) in [5.74, 6) is -0.517. The van der Waals surface area contributed by atoms with E-state index in [4.69, 9.17) is 11.6 Å². The highest BCUT2D eigenvalue weighted by molar-refractivity contribution is 8.00. The fraction of sp³-hybridized carbons (Fsp3) is 0.0741. The first kappa shape index (κ1) is 23.5.